The van der Waals surface area contributed by atoms with Crippen LogP contribution in [0.2, 0.25) is 10.0 Å². The Labute approximate surface area is 140 Å². The molecule has 1 unspecified atom stereocenters. The number of aromatic amines is 1. The second-order valence-electron chi connectivity index (χ2n) is 4.78. The monoisotopic (exact) mass is 355 g/mol. The summed E-state index contributed by atoms with van der Waals surface area (Å²) in [5.74, 6) is -0.471. The van der Waals surface area contributed by atoms with E-state index < -0.39 is 5.92 Å². The lowest BCUT2D eigenvalue weighted by Crippen LogP contribution is -2.31. The molecule has 2 heterocycles. The van der Waals surface area contributed by atoms with Crippen molar-refractivity contribution in [2.75, 3.05) is 11.6 Å². The lowest BCUT2D eigenvalue weighted by atomic mass is 9.87. The number of thioether (sulfide) groups is 1. The Morgan fingerprint density at radius 3 is 2.55 bits per heavy atom. The standard InChI is InChI=1S/C14H11Cl2N3O2S/c1-22-14-18-12-11(13(21)19-14)6(5-9(20)17-12)10-7(15)3-2-4-8(10)16/h2-4,6H,5H2,1H3,(H2,17,18,19,20,21). The van der Waals surface area contributed by atoms with Gasteiger partial charge in [0.15, 0.2) is 5.16 Å². The largest absolute Gasteiger partial charge is 0.310 e. The summed E-state index contributed by atoms with van der Waals surface area (Å²) in [4.78, 5) is 31.4. The van der Waals surface area contributed by atoms with Gasteiger partial charge in [-0.25, -0.2) is 4.98 Å². The van der Waals surface area contributed by atoms with Gasteiger partial charge in [0.05, 0.1) is 5.56 Å². The average Bonchev–Trinajstić information content (AvgIpc) is 2.45. The summed E-state index contributed by atoms with van der Waals surface area (Å²) in [6.45, 7) is 0. The van der Waals surface area contributed by atoms with Crippen LogP contribution in [0.5, 0.6) is 0 Å². The van der Waals surface area contributed by atoms with Gasteiger partial charge in [0.2, 0.25) is 5.91 Å². The van der Waals surface area contributed by atoms with Crippen molar-refractivity contribution in [3.8, 4) is 0 Å². The van der Waals surface area contributed by atoms with Crippen molar-refractivity contribution >= 4 is 46.7 Å². The normalized spacial score (nSPS) is 17.0. The number of benzene rings is 1. The minimum atomic E-state index is -0.517. The van der Waals surface area contributed by atoms with Crippen LogP contribution in [0.25, 0.3) is 0 Å². The minimum Gasteiger partial charge on any atom is -0.310 e. The number of anilines is 1. The zero-order chi connectivity index (χ0) is 15.9. The van der Waals surface area contributed by atoms with Crippen LogP contribution >= 0.6 is 35.0 Å². The van der Waals surface area contributed by atoms with Crippen LogP contribution in [0, 0.1) is 0 Å². The molecule has 8 heteroatoms. The van der Waals surface area contributed by atoms with Crippen molar-refractivity contribution in [1.82, 2.24) is 9.97 Å². The summed E-state index contributed by atoms with van der Waals surface area (Å²) in [5.41, 5.74) is 0.661. The number of carbonyl (C=O) groups is 1. The Hall–Kier alpha value is -1.50. The molecule has 1 aromatic heterocycles. The van der Waals surface area contributed by atoms with E-state index in [9.17, 15) is 9.59 Å². The molecule has 3 rings (SSSR count). The van der Waals surface area contributed by atoms with E-state index in [1.165, 1.54) is 11.8 Å². The van der Waals surface area contributed by atoms with Crippen molar-refractivity contribution in [2.45, 2.75) is 17.5 Å². The lowest BCUT2D eigenvalue weighted by molar-refractivity contribution is -0.116. The van der Waals surface area contributed by atoms with E-state index in [0.717, 1.165) is 0 Å². The van der Waals surface area contributed by atoms with E-state index >= 15 is 0 Å². The van der Waals surface area contributed by atoms with Crippen LogP contribution in [0.3, 0.4) is 0 Å². The molecule has 0 bridgehead atoms. The Balaban J connectivity index is 2.25. The molecule has 22 heavy (non-hydrogen) atoms. The van der Waals surface area contributed by atoms with Crippen molar-refractivity contribution in [3.05, 3.63) is 49.7 Å². The predicted molar refractivity (Wildman–Crippen MR) is 88.2 cm³/mol. The molecule has 0 saturated heterocycles. The van der Waals surface area contributed by atoms with Gasteiger partial charge in [-0.1, -0.05) is 41.0 Å². The summed E-state index contributed by atoms with van der Waals surface area (Å²) in [6, 6.07) is 5.09. The summed E-state index contributed by atoms with van der Waals surface area (Å²) >= 11 is 13.8. The summed E-state index contributed by atoms with van der Waals surface area (Å²) < 4.78 is 0. The average molecular weight is 356 g/mol. The van der Waals surface area contributed by atoms with Gasteiger partial charge >= 0.3 is 0 Å². The maximum Gasteiger partial charge on any atom is 0.257 e. The van der Waals surface area contributed by atoms with E-state index in [2.05, 4.69) is 15.3 Å². The van der Waals surface area contributed by atoms with Crippen LogP contribution in [0.4, 0.5) is 5.82 Å². The number of amides is 1. The highest BCUT2D eigenvalue weighted by atomic mass is 35.5. The number of H-pyrrole nitrogens is 1. The highest BCUT2D eigenvalue weighted by molar-refractivity contribution is 7.98. The number of nitrogens with zero attached hydrogens (tertiary/aromatic N) is 1. The smallest absolute Gasteiger partial charge is 0.257 e. The molecule has 114 valence electrons. The number of hydrogen-bond donors (Lipinski definition) is 2. The number of fused-ring (bicyclic) bond motifs is 1. The Morgan fingerprint density at radius 1 is 1.23 bits per heavy atom. The zero-order valence-corrected chi connectivity index (χ0v) is 13.8. The van der Waals surface area contributed by atoms with Crippen molar-refractivity contribution < 1.29 is 4.79 Å². The lowest BCUT2D eigenvalue weighted by Gasteiger charge is -2.25. The summed E-state index contributed by atoms with van der Waals surface area (Å²) in [7, 11) is 0. The number of hydrogen-bond acceptors (Lipinski definition) is 4. The molecular weight excluding hydrogens is 345 g/mol. The van der Waals surface area contributed by atoms with Gasteiger partial charge in [0, 0.05) is 22.4 Å². The quantitative estimate of drug-likeness (QED) is 0.640. The van der Waals surface area contributed by atoms with E-state index in [1.54, 1.807) is 24.5 Å². The molecule has 1 aliphatic rings. The number of aromatic nitrogens is 2. The number of carbonyl (C=O) groups excluding carboxylic acids is 1. The Bertz CT molecular complexity index is 802. The minimum absolute atomic E-state index is 0.0971. The molecule has 0 fully saturated rings. The maximum absolute atomic E-state index is 12.4. The number of halogens is 2. The molecule has 0 spiro atoms. The molecule has 0 saturated carbocycles. The van der Waals surface area contributed by atoms with Gasteiger partial charge in [-0.3, -0.25) is 9.59 Å². The SMILES string of the molecule is CSc1nc2c(c(=O)[nH]1)C(c1c(Cl)cccc1Cl)CC(=O)N2. The molecule has 1 atom stereocenters. The predicted octanol–water partition coefficient (Wildman–Crippen LogP) is 3.27. The fourth-order valence-electron chi connectivity index (χ4n) is 2.54. The van der Waals surface area contributed by atoms with E-state index in [-0.39, 0.29) is 23.7 Å². The molecule has 1 aliphatic heterocycles. The third kappa shape index (κ3) is 2.62. The molecule has 0 radical (unpaired) electrons. The summed E-state index contributed by atoms with van der Waals surface area (Å²) in [5, 5.41) is 3.93. The number of nitrogens with one attached hydrogen (secondary N) is 2. The third-order valence-electron chi connectivity index (χ3n) is 3.47. The van der Waals surface area contributed by atoms with Crippen LogP contribution in [0.15, 0.2) is 28.2 Å². The van der Waals surface area contributed by atoms with Gasteiger partial charge in [-0.2, -0.15) is 0 Å². The first-order valence-electron chi connectivity index (χ1n) is 6.43. The van der Waals surface area contributed by atoms with Gasteiger partial charge in [-0.05, 0) is 24.0 Å². The van der Waals surface area contributed by atoms with Crippen LogP contribution < -0.4 is 10.9 Å². The summed E-state index contributed by atoms with van der Waals surface area (Å²) in [6.07, 6.45) is 1.89. The third-order valence-corrected chi connectivity index (χ3v) is 4.71. The van der Waals surface area contributed by atoms with Gasteiger partial charge in [0.1, 0.15) is 5.82 Å². The van der Waals surface area contributed by atoms with Crippen molar-refractivity contribution in [3.63, 3.8) is 0 Å². The van der Waals surface area contributed by atoms with Crippen molar-refractivity contribution in [1.29, 1.82) is 0 Å². The first-order chi connectivity index (χ1) is 10.5. The van der Waals surface area contributed by atoms with Gasteiger partial charge in [-0.15, -0.1) is 0 Å². The molecule has 2 N–H and O–H groups in total. The van der Waals surface area contributed by atoms with Crippen LogP contribution in [-0.2, 0) is 4.79 Å². The molecule has 2 aromatic rings. The van der Waals surface area contributed by atoms with Gasteiger partial charge < -0.3 is 10.3 Å². The van der Waals surface area contributed by atoms with E-state index in [1.807, 2.05) is 0 Å². The highest BCUT2D eigenvalue weighted by Crippen LogP contribution is 2.40. The van der Waals surface area contributed by atoms with E-state index in [0.29, 0.717) is 26.3 Å². The Kier molecular flexibility index (Phi) is 4.16. The van der Waals surface area contributed by atoms with Crippen molar-refractivity contribution in [2.24, 2.45) is 0 Å². The second kappa shape index (κ2) is 5.95. The molecule has 1 aromatic carbocycles. The molecular formula is C14H11Cl2N3O2S. The second-order valence-corrected chi connectivity index (χ2v) is 6.39. The van der Waals surface area contributed by atoms with E-state index in [4.69, 9.17) is 23.2 Å². The fraction of sp³-hybridized carbons (Fsp3) is 0.214. The van der Waals surface area contributed by atoms with Crippen LogP contribution in [0.1, 0.15) is 23.5 Å². The molecule has 1 amide bonds. The zero-order valence-electron chi connectivity index (χ0n) is 11.4. The maximum atomic E-state index is 12.4. The van der Waals surface area contributed by atoms with Crippen LogP contribution in [-0.4, -0.2) is 22.1 Å². The first kappa shape index (κ1) is 15.4. The fourth-order valence-corrected chi connectivity index (χ4v) is 3.58. The topological polar surface area (TPSA) is 74.8 Å². The first-order valence-corrected chi connectivity index (χ1v) is 8.41. The Morgan fingerprint density at radius 2 is 1.91 bits per heavy atom. The van der Waals surface area contributed by atoms with Gasteiger partial charge in [0.25, 0.3) is 5.56 Å². The molecule has 5 nitrogen and oxygen atoms in total. The highest BCUT2D eigenvalue weighted by Gasteiger charge is 2.33. The number of rotatable bonds is 2. The molecule has 0 aliphatic carbocycles.